The van der Waals surface area contributed by atoms with Gasteiger partial charge in [0.15, 0.2) is 11.4 Å². The predicted molar refractivity (Wildman–Crippen MR) is 112 cm³/mol. The summed E-state index contributed by atoms with van der Waals surface area (Å²) in [7, 11) is 0. The van der Waals surface area contributed by atoms with Crippen LogP contribution in [0.2, 0.25) is 0 Å². The van der Waals surface area contributed by atoms with Gasteiger partial charge in [-0.1, -0.05) is 34.1 Å². The number of carbonyl (C=O) groups is 2. The van der Waals surface area contributed by atoms with Gasteiger partial charge in [-0.3, -0.25) is 9.89 Å². The third kappa shape index (κ3) is 4.93. The van der Waals surface area contributed by atoms with E-state index in [0.29, 0.717) is 15.6 Å². The molecule has 3 rings (SSSR count). The fourth-order valence-electron chi connectivity index (χ4n) is 2.26. The molecule has 9 heteroatoms. The Bertz CT molecular complexity index is 1050. The van der Waals surface area contributed by atoms with Crippen molar-refractivity contribution < 1.29 is 14.3 Å². The normalized spacial score (nSPS) is 10.8. The van der Waals surface area contributed by atoms with Crippen LogP contribution in [-0.2, 0) is 0 Å². The van der Waals surface area contributed by atoms with Crippen LogP contribution in [0.3, 0.4) is 0 Å². The number of aromatic amines is 1. The molecule has 3 aromatic rings. The van der Waals surface area contributed by atoms with Crippen molar-refractivity contribution in [1.82, 2.24) is 15.6 Å². The number of aromatic nitrogens is 2. The first-order valence-electron chi connectivity index (χ1n) is 8.05. The van der Waals surface area contributed by atoms with Gasteiger partial charge in [-0.15, -0.1) is 0 Å². The number of amides is 1. The summed E-state index contributed by atoms with van der Waals surface area (Å²) in [5, 5.41) is 10.5. The summed E-state index contributed by atoms with van der Waals surface area (Å²) in [4.78, 5) is 24.4. The van der Waals surface area contributed by atoms with Crippen molar-refractivity contribution in [3.8, 4) is 5.75 Å². The SMILES string of the molecule is Cc1cc(C(=O)N/N=C/c2cc(Br)cc(Br)c2OC(=O)c2ccccc2)n[nH]1. The number of carbonyl (C=O) groups excluding carboxylic acids is 2. The number of aryl methyl sites for hydroxylation is 1. The number of esters is 1. The number of hydrazone groups is 1. The number of hydrogen-bond acceptors (Lipinski definition) is 5. The van der Waals surface area contributed by atoms with Gasteiger partial charge in [-0.05, 0) is 53.2 Å². The molecule has 0 radical (unpaired) electrons. The van der Waals surface area contributed by atoms with Crippen LogP contribution >= 0.6 is 31.9 Å². The predicted octanol–water partition coefficient (Wildman–Crippen LogP) is 4.23. The first kappa shape index (κ1) is 20.0. The zero-order valence-corrected chi connectivity index (χ0v) is 17.7. The van der Waals surface area contributed by atoms with Crippen molar-refractivity contribution in [2.75, 3.05) is 0 Å². The molecule has 1 aromatic heterocycles. The molecule has 0 bridgehead atoms. The molecule has 0 spiro atoms. The van der Waals surface area contributed by atoms with Crippen molar-refractivity contribution in [1.29, 1.82) is 0 Å². The van der Waals surface area contributed by atoms with E-state index in [1.165, 1.54) is 6.21 Å². The highest BCUT2D eigenvalue weighted by Crippen LogP contribution is 2.32. The van der Waals surface area contributed by atoms with Crippen LogP contribution in [-0.4, -0.2) is 28.3 Å². The highest BCUT2D eigenvalue weighted by atomic mass is 79.9. The molecule has 0 saturated heterocycles. The minimum Gasteiger partial charge on any atom is -0.421 e. The van der Waals surface area contributed by atoms with Gasteiger partial charge in [0.2, 0.25) is 0 Å². The molecular weight excluding hydrogens is 492 g/mol. The van der Waals surface area contributed by atoms with Gasteiger partial charge in [-0.25, -0.2) is 10.2 Å². The molecule has 28 heavy (non-hydrogen) atoms. The summed E-state index contributed by atoms with van der Waals surface area (Å²) < 4.78 is 6.84. The molecular formula is C19H14Br2N4O3. The van der Waals surface area contributed by atoms with E-state index >= 15 is 0 Å². The molecule has 7 nitrogen and oxygen atoms in total. The lowest BCUT2D eigenvalue weighted by Crippen LogP contribution is -2.18. The molecule has 0 fully saturated rings. The van der Waals surface area contributed by atoms with Crippen LogP contribution in [0.4, 0.5) is 0 Å². The van der Waals surface area contributed by atoms with E-state index in [-0.39, 0.29) is 11.4 Å². The molecule has 1 amide bonds. The van der Waals surface area contributed by atoms with Crippen LogP contribution in [0.5, 0.6) is 5.75 Å². The van der Waals surface area contributed by atoms with Crippen molar-refractivity contribution >= 4 is 50.0 Å². The molecule has 0 atom stereocenters. The van der Waals surface area contributed by atoms with Gasteiger partial charge in [0.1, 0.15) is 0 Å². The Labute approximate surface area is 177 Å². The smallest absolute Gasteiger partial charge is 0.343 e. The minimum absolute atomic E-state index is 0.223. The standard InChI is InChI=1S/C19H14Br2N4O3/c1-11-7-16(24-23-11)18(26)25-22-10-13-8-14(20)9-15(21)17(13)28-19(27)12-5-3-2-4-6-12/h2-10H,1H3,(H,23,24)(H,25,26)/b22-10+. The zero-order valence-electron chi connectivity index (χ0n) is 14.6. The zero-order chi connectivity index (χ0) is 20.1. The van der Waals surface area contributed by atoms with E-state index in [0.717, 1.165) is 10.2 Å². The molecule has 0 aliphatic heterocycles. The first-order valence-corrected chi connectivity index (χ1v) is 9.64. The molecule has 2 N–H and O–H groups in total. The molecule has 0 unspecified atom stereocenters. The second-order valence-electron chi connectivity index (χ2n) is 5.70. The number of halogens is 2. The van der Waals surface area contributed by atoms with E-state index in [1.807, 2.05) is 6.07 Å². The van der Waals surface area contributed by atoms with Crippen LogP contribution in [0, 0.1) is 6.92 Å². The van der Waals surface area contributed by atoms with E-state index in [2.05, 4.69) is 52.6 Å². The monoisotopic (exact) mass is 504 g/mol. The van der Waals surface area contributed by atoms with E-state index in [4.69, 9.17) is 4.74 Å². The highest BCUT2D eigenvalue weighted by molar-refractivity contribution is 9.11. The Morgan fingerprint density at radius 2 is 1.93 bits per heavy atom. The Hall–Kier alpha value is -2.78. The summed E-state index contributed by atoms with van der Waals surface area (Å²) in [6.07, 6.45) is 1.39. The third-order valence-electron chi connectivity index (χ3n) is 3.55. The summed E-state index contributed by atoms with van der Waals surface area (Å²) in [5.74, 6) is -0.683. The molecule has 2 aromatic carbocycles. The quantitative estimate of drug-likeness (QED) is 0.235. The number of H-pyrrole nitrogens is 1. The van der Waals surface area contributed by atoms with Gasteiger partial charge in [-0.2, -0.15) is 10.2 Å². The molecule has 0 aliphatic carbocycles. The lowest BCUT2D eigenvalue weighted by Gasteiger charge is -2.10. The van der Waals surface area contributed by atoms with Crippen molar-refractivity contribution in [2.24, 2.45) is 5.10 Å². The van der Waals surface area contributed by atoms with Gasteiger partial charge < -0.3 is 4.74 Å². The number of ether oxygens (including phenoxy) is 1. The highest BCUT2D eigenvalue weighted by Gasteiger charge is 2.15. The number of nitrogens with one attached hydrogen (secondary N) is 2. The number of nitrogens with zero attached hydrogens (tertiary/aromatic N) is 2. The van der Waals surface area contributed by atoms with Gasteiger partial charge >= 0.3 is 5.97 Å². The third-order valence-corrected chi connectivity index (χ3v) is 4.60. The Balaban J connectivity index is 1.80. The largest absolute Gasteiger partial charge is 0.421 e. The van der Waals surface area contributed by atoms with E-state index < -0.39 is 11.9 Å². The second-order valence-corrected chi connectivity index (χ2v) is 7.47. The average Bonchev–Trinajstić information content (AvgIpc) is 3.11. The Morgan fingerprint density at radius 3 is 2.61 bits per heavy atom. The molecule has 0 aliphatic rings. The Kier molecular flexibility index (Phi) is 6.37. The van der Waals surface area contributed by atoms with Crippen LogP contribution in [0.15, 0.2) is 62.6 Å². The van der Waals surface area contributed by atoms with Crippen LogP contribution in [0.1, 0.15) is 32.1 Å². The number of rotatable bonds is 5. The Morgan fingerprint density at radius 1 is 1.18 bits per heavy atom. The second kappa shape index (κ2) is 8.94. The maximum atomic E-state index is 12.4. The van der Waals surface area contributed by atoms with Gasteiger partial charge in [0, 0.05) is 15.7 Å². The van der Waals surface area contributed by atoms with Crippen molar-refractivity contribution in [3.63, 3.8) is 0 Å². The summed E-state index contributed by atoms with van der Waals surface area (Å²) in [6.45, 7) is 1.79. The lowest BCUT2D eigenvalue weighted by atomic mass is 10.2. The topological polar surface area (TPSA) is 96.4 Å². The lowest BCUT2D eigenvalue weighted by molar-refractivity contribution is 0.0733. The maximum absolute atomic E-state index is 12.4. The molecule has 142 valence electrons. The minimum atomic E-state index is -0.505. The van der Waals surface area contributed by atoms with Gasteiger partial charge in [0.05, 0.1) is 16.3 Å². The summed E-state index contributed by atoms with van der Waals surface area (Å²) >= 11 is 6.77. The van der Waals surface area contributed by atoms with Crippen molar-refractivity contribution in [3.05, 3.63) is 80.0 Å². The average molecular weight is 506 g/mol. The number of hydrogen-bond donors (Lipinski definition) is 2. The number of benzene rings is 2. The molecule has 1 heterocycles. The summed E-state index contributed by atoms with van der Waals surface area (Å²) in [6, 6.07) is 13.7. The maximum Gasteiger partial charge on any atom is 0.343 e. The fourth-order valence-corrected chi connectivity index (χ4v) is 3.60. The van der Waals surface area contributed by atoms with Crippen molar-refractivity contribution in [2.45, 2.75) is 6.92 Å². The first-order chi connectivity index (χ1) is 13.4. The van der Waals surface area contributed by atoms with Gasteiger partial charge in [0.25, 0.3) is 5.91 Å². The molecule has 0 saturated carbocycles. The fraction of sp³-hybridized carbons (Fsp3) is 0.0526. The van der Waals surface area contributed by atoms with Crippen LogP contribution in [0.25, 0.3) is 0 Å². The summed E-state index contributed by atoms with van der Waals surface area (Å²) in [5.41, 5.74) is 4.28. The van der Waals surface area contributed by atoms with E-state index in [9.17, 15) is 9.59 Å². The van der Waals surface area contributed by atoms with E-state index in [1.54, 1.807) is 49.4 Å². The van der Waals surface area contributed by atoms with Crippen LogP contribution < -0.4 is 10.2 Å².